The highest BCUT2D eigenvalue weighted by Crippen LogP contribution is 2.50. The molecule has 0 heterocycles. The molecular formula is C25H36NO3. The molecular weight excluding hydrogens is 362 g/mol. The fourth-order valence-corrected chi connectivity index (χ4v) is 5.15. The highest BCUT2D eigenvalue weighted by molar-refractivity contribution is 5.66. The van der Waals surface area contributed by atoms with Crippen molar-refractivity contribution in [3.05, 3.63) is 53.5 Å². The van der Waals surface area contributed by atoms with Gasteiger partial charge in [0.15, 0.2) is 0 Å². The van der Waals surface area contributed by atoms with Crippen LogP contribution in [0, 0.1) is 37.0 Å². The van der Waals surface area contributed by atoms with Gasteiger partial charge in [-0.25, -0.2) is 0 Å². The molecule has 0 aliphatic heterocycles. The Labute approximate surface area is 175 Å². The molecule has 4 heteroatoms. The average Bonchev–Trinajstić information content (AvgIpc) is 2.65. The predicted octanol–water partition coefficient (Wildman–Crippen LogP) is 4.21. The van der Waals surface area contributed by atoms with Gasteiger partial charge in [0, 0.05) is 25.8 Å². The van der Waals surface area contributed by atoms with Gasteiger partial charge in [0.25, 0.3) is 0 Å². The van der Waals surface area contributed by atoms with Crippen LogP contribution in [0.15, 0.2) is 35.9 Å². The van der Waals surface area contributed by atoms with Crippen molar-refractivity contribution >= 4 is 5.97 Å². The number of hydrogen-bond acceptors (Lipinski definition) is 4. The van der Waals surface area contributed by atoms with E-state index in [9.17, 15) is 9.90 Å². The van der Waals surface area contributed by atoms with Crippen molar-refractivity contribution in [3.63, 3.8) is 0 Å². The summed E-state index contributed by atoms with van der Waals surface area (Å²) in [6.45, 7) is 11.7. The lowest BCUT2D eigenvalue weighted by molar-refractivity contribution is -0.148. The molecule has 159 valence electrons. The Morgan fingerprint density at radius 3 is 2.72 bits per heavy atom. The minimum atomic E-state index is -0.924. The normalized spacial score (nSPS) is 32.8. The summed E-state index contributed by atoms with van der Waals surface area (Å²) in [5, 5.41) is 15.2. The van der Waals surface area contributed by atoms with Crippen molar-refractivity contribution in [2.75, 3.05) is 6.54 Å². The number of fused-ring (bicyclic) bond motifs is 1. The first-order valence-electron chi connectivity index (χ1n) is 10.9. The molecule has 1 saturated carbocycles. The number of aliphatic hydroxyl groups is 1. The summed E-state index contributed by atoms with van der Waals surface area (Å²) in [6.07, 6.45) is 5.72. The van der Waals surface area contributed by atoms with Gasteiger partial charge < -0.3 is 15.2 Å². The van der Waals surface area contributed by atoms with E-state index in [0.717, 1.165) is 31.5 Å². The molecule has 1 unspecified atom stereocenters. The van der Waals surface area contributed by atoms with Crippen LogP contribution in [0.5, 0.6) is 0 Å². The molecule has 1 fully saturated rings. The van der Waals surface area contributed by atoms with E-state index < -0.39 is 11.7 Å². The van der Waals surface area contributed by atoms with Gasteiger partial charge in [0.1, 0.15) is 6.10 Å². The first-order chi connectivity index (χ1) is 13.7. The number of carbonyl (C=O) groups is 1. The van der Waals surface area contributed by atoms with E-state index in [2.05, 4.69) is 56.4 Å². The molecule has 6 atom stereocenters. The van der Waals surface area contributed by atoms with Crippen molar-refractivity contribution in [3.8, 4) is 0 Å². The molecule has 2 aliphatic carbocycles. The van der Waals surface area contributed by atoms with E-state index in [1.807, 2.05) is 13.3 Å². The van der Waals surface area contributed by atoms with E-state index >= 15 is 0 Å². The van der Waals surface area contributed by atoms with E-state index in [1.165, 1.54) is 18.1 Å². The molecule has 0 bridgehead atoms. The number of esters is 1. The van der Waals surface area contributed by atoms with Crippen molar-refractivity contribution in [2.45, 2.75) is 65.7 Å². The Morgan fingerprint density at radius 1 is 1.31 bits per heavy atom. The molecule has 1 radical (unpaired) electrons. The number of aryl methyl sites for hydroxylation is 1. The lowest BCUT2D eigenvalue weighted by Gasteiger charge is -2.52. The highest BCUT2D eigenvalue weighted by Gasteiger charge is 2.52. The minimum Gasteiger partial charge on any atom is -0.458 e. The monoisotopic (exact) mass is 398 g/mol. The van der Waals surface area contributed by atoms with Gasteiger partial charge in [-0.2, -0.15) is 0 Å². The first-order valence-corrected chi connectivity index (χ1v) is 10.9. The number of rotatable bonds is 6. The molecule has 4 nitrogen and oxygen atoms in total. The molecule has 0 amide bonds. The molecule has 3 rings (SSSR count). The number of ether oxygens (including phenoxy) is 1. The summed E-state index contributed by atoms with van der Waals surface area (Å²) in [7, 11) is 0. The summed E-state index contributed by atoms with van der Waals surface area (Å²) in [4.78, 5) is 11.5. The second kappa shape index (κ2) is 9.01. The van der Waals surface area contributed by atoms with E-state index in [0.29, 0.717) is 11.8 Å². The Morgan fingerprint density at radius 2 is 2.03 bits per heavy atom. The summed E-state index contributed by atoms with van der Waals surface area (Å²) >= 11 is 0. The van der Waals surface area contributed by atoms with Crippen LogP contribution in [0.2, 0.25) is 0 Å². The molecule has 0 saturated heterocycles. The van der Waals surface area contributed by atoms with Crippen molar-refractivity contribution in [1.82, 2.24) is 5.32 Å². The van der Waals surface area contributed by atoms with Gasteiger partial charge in [0.05, 0.1) is 5.60 Å². The third-order valence-corrected chi connectivity index (χ3v) is 7.09. The Kier molecular flexibility index (Phi) is 6.85. The maximum atomic E-state index is 11.6. The summed E-state index contributed by atoms with van der Waals surface area (Å²) < 4.78 is 5.45. The summed E-state index contributed by atoms with van der Waals surface area (Å²) in [5.74, 6) is 0.734. The lowest BCUT2D eigenvalue weighted by Crippen LogP contribution is -2.56. The van der Waals surface area contributed by atoms with Crippen LogP contribution in [0.3, 0.4) is 0 Å². The molecule has 2 aliphatic rings. The molecule has 29 heavy (non-hydrogen) atoms. The SMILES string of the molecule is CC(=O)O[C@@H]1[CH][C@@]2(O)[C@H](C)CC[C@@H](C(C)CNCc3ccccc3C)[C@H]2C=C1C. The van der Waals surface area contributed by atoms with E-state index in [4.69, 9.17) is 4.74 Å². The maximum Gasteiger partial charge on any atom is 0.303 e. The van der Waals surface area contributed by atoms with Gasteiger partial charge in [0.2, 0.25) is 0 Å². The smallest absolute Gasteiger partial charge is 0.303 e. The van der Waals surface area contributed by atoms with Gasteiger partial charge in [-0.15, -0.1) is 0 Å². The lowest BCUT2D eigenvalue weighted by atomic mass is 9.57. The largest absolute Gasteiger partial charge is 0.458 e. The fraction of sp³-hybridized carbons (Fsp3) is 0.600. The number of hydrogen-bond donors (Lipinski definition) is 2. The minimum absolute atomic E-state index is 0.0633. The average molecular weight is 399 g/mol. The predicted molar refractivity (Wildman–Crippen MR) is 116 cm³/mol. The molecule has 1 aromatic rings. The fourth-order valence-electron chi connectivity index (χ4n) is 5.15. The Hall–Kier alpha value is -1.65. The number of carbonyl (C=O) groups excluding carboxylic acids is 1. The van der Waals surface area contributed by atoms with Crippen LogP contribution >= 0.6 is 0 Å². The molecule has 2 N–H and O–H groups in total. The highest BCUT2D eigenvalue weighted by atomic mass is 16.5. The second-order valence-electron chi connectivity index (χ2n) is 9.20. The van der Waals surface area contributed by atoms with Crippen LogP contribution in [-0.2, 0) is 16.1 Å². The molecule has 1 aromatic carbocycles. The van der Waals surface area contributed by atoms with Crippen LogP contribution in [0.4, 0.5) is 0 Å². The van der Waals surface area contributed by atoms with Crippen LogP contribution in [-0.4, -0.2) is 29.3 Å². The topological polar surface area (TPSA) is 58.6 Å². The Bertz CT molecular complexity index is 758. The summed E-state index contributed by atoms with van der Waals surface area (Å²) in [6, 6.07) is 8.48. The Balaban J connectivity index is 1.70. The van der Waals surface area contributed by atoms with Gasteiger partial charge >= 0.3 is 5.97 Å². The van der Waals surface area contributed by atoms with Crippen LogP contribution in [0.1, 0.15) is 51.7 Å². The molecule has 0 aromatic heterocycles. The third-order valence-electron chi connectivity index (χ3n) is 7.09. The van der Waals surface area contributed by atoms with E-state index in [-0.39, 0.29) is 17.8 Å². The van der Waals surface area contributed by atoms with Gasteiger partial charge in [-0.3, -0.25) is 4.79 Å². The van der Waals surface area contributed by atoms with Crippen LogP contribution < -0.4 is 5.32 Å². The zero-order valence-electron chi connectivity index (χ0n) is 18.4. The zero-order valence-corrected chi connectivity index (χ0v) is 18.4. The molecule has 0 spiro atoms. The summed E-state index contributed by atoms with van der Waals surface area (Å²) in [5.41, 5.74) is 2.74. The number of benzene rings is 1. The van der Waals surface area contributed by atoms with Crippen molar-refractivity contribution in [2.24, 2.45) is 23.7 Å². The van der Waals surface area contributed by atoms with Crippen molar-refractivity contribution in [1.29, 1.82) is 0 Å². The maximum absolute atomic E-state index is 11.6. The first kappa shape index (κ1) is 22.0. The quantitative estimate of drug-likeness (QED) is 0.557. The zero-order chi connectivity index (χ0) is 21.2. The van der Waals surface area contributed by atoms with Gasteiger partial charge in [-0.1, -0.05) is 44.2 Å². The van der Waals surface area contributed by atoms with E-state index in [1.54, 1.807) is 0 Å². The second-order valence-corrected chi connectivity index (χ2v) is 9.20. The van der Waals surface area contributed by atoms with Crippen molar-refractivity contribution < 1.29 is 14.6 Å². The third kappa shape index (κ3) is 4.75. The standard InChI is InChI=1S/C25H36NO3/c1-16-8-6-7-9-21(16)15-26-14-18(3)22-11-10-19(4)25(28)13-24(29-20(5)27)17(2)12-23(22)25/h6-9,12-13,18-19,22-24,26,28H,10-11,14-15H2,1-5H3/t18?,19-,22+,23-,24-,25-/m1/s1. The number of nitrogens with one attached hydrogen (secondary N) is 1. The van der Waals surface area contributed by atoms with Crippen LogP contribution in [0.25, 0.3) is 0 Å². The van der Waals surface area contributed by atoms with Gasteiger partial charge in [-0.05, 0) is 67.7 Å².